The molecule has 1 amide bonds. The van der Waals surface area contributed by atoms with Crippen LogP contribution in [-0.4, -0.2) is 37.1 Å². The van der Waals surface area contributed by atoms with Crippen molar-refractivity contribution >= 4 is 27.5 Å². The molecular weight excluding hydrogens is 342 g/mol. The molecule has 4 nitrogen and oxygen atoms in total. The van der Waals surface area contributed by atoms with Gasteiger partial charge in [0.25, 0.3) is 5.91 Å². The van der Waals surface area contributed by atoms with Gasteiger partial charge in [0.05, 0.1) is 17.1 Å². The van der Waals surface area contributed by atoms with Gasteiger partial charge in [-0.05, 0) is 44.2 Å². The van der Waals surface area contributed by atoms with Crippen LogP contribution in [0.3, 0.4) is 0 Å². The molecule has 0 bridgehead atoms. The van der Waals surface area contributed by atoms with Crippen molar-refractivity contribution in [2.75, 3.05) is 11.5 Å². The Morgan fingerprint density at radius 2 is 1.96 bits per heavy atom. The fourth-order valence-corrected chi connectivity index (χ4v) is 6.37. The first-order valence-corrected chi connectivity index (χ1v) is 11.2. The summed E-state index contributed by atoms with van der Waals surface area (Å²) in [6, 6.07) is 7.60. The zero-order valence-corrected chi connectivity index (χ0v) is 16.3. The van der Waals surface area contributed by atoms with Gasteiger partial charge in [0, 0.05) is 16.2 Å². The summed E-state index contributed by atoms with van der Waals surface area (Å²) in [6.07, 6.45) is 2.70. The van der Waals surface area contributed by atoms with Crippen LogP contribution in [0.25, 0.3) is 0 Å². The Kier molecular flexibility index (Phi) is 6.75. The highest BCUT2D eigenvalue weighted by Gasteiger charge is 2.29. The van der Waals surface area contributed by atoms with Gasteiger partial charge in [0.2, 0.25) is 0 Å². The van der Waals surface area contributed by atoms with Crippen LogP contribution in [0.2, 0.25) is 0 Å². The van der Waals surface area contributed by atoms with Crippen molar-refractivity contribution in [3.63, 3.8) is 0 Å². The van der Waals surface area contributed by atoms with Crippen molar-refractivity contribution in [3.05, 3.63) is 29.8 Å². The van der Waals surface area contributed by atoms with Gasteiger partial charge in [-0.1, -0.05) is 26.0 Å². The van der Waals surface area contributed by atoms with Crippen LogP contribution in [0.1, 0.15) is 50.4 Å². The van der Waals surface area contributed by atoms with Gasteiger partial charge in [-0.25, -0.2) is 8.42 Å². The number of carbonyl (C=O) groups is 1. The highest BCUT2D eigenvalue weighted by atomic mass is 32.2. The maximum Gasteiger partial charge on any atom is 0.252 e. The number of amides is 1. The average molecular weight is 370 g/mol. The molecule has 24 heavy (non-hydrogen) atoms. The molecule has 0 unspecified atom stereocenters. The monoisotopic (exact) mass is 369 g/mol. The van der Waals surface area contributed by atoms with Gasteiger partial charge in [-0.3, -0.25) is 4.79 Å². The Morgan fingerprint density at radius 1 is 1.25 bits per heavy atom. The average Bonchev–Trinajstić information content (AvgIpc) is 2.84. The number of benzene rings is 1. The zero-order valence-electron chi connectivity index (χ0n) is 14.6. The highest BCUT2D eigenvalue weighted by molar-refractivity contribution is 8.02. The van der Waals surface area contributed by atoms with E-state index in [9.17, 15) is 13.2 Å². The van der Waals surface area contributed by atoms with Crippen LogP contribution in [0, 0.1) is 5.92 Å². The second-order valence-electron chi connectivity index (χ2n) is 6.98. The van der Waals surface area contributed by atoms with E-state index in [2.05, 4.69) is 19.2 Å². The van der Waals surface area contributed by atoms with Crippen LogP contribution in [0.4, 0.5) is 0 Å². The topological polar surface area (TPSA) is 63.2 Å². The van der Waals surface area contributed by atoms with Crippen molar-refractivity contribution in [1.82, 2.24) is 5.32 Å². The number of hydrogen-bond acceptors (Lipinski definition) is 4. The van der Waals surface area contributed by atoms with Gasteiger partial charge in [0.1, 0.15) is 0 Å². The van der Waals surface area contributed by atoms with E-state index >= 15 is 0 Å². The molecule has 1 fully saturated rings. The predicted molar refractivity (Wildman–Crippen MR) is 100 cm³/mol. The largest absolute Gasteiger partial charge is 0.350 e. The molecule has 0 radical (unpaired) electrons. The van der Waals surface area contributed by atoms with Crippen LogP contribution in [-0.2, 0) is 9.84 Å². The summed E-state index contributed by atoms with van der Waals surface area (Å²) in [6.45, 7) is 6.38. The molecule has 134 valence electrons. The number of carbonyl (C=O) groups excluding carboxylic acids is 1. The maximum absolute atomic E-state index is 12.6. The molecule has 0 saturated carbocycles. The molecule has 1 heterocycles. The summed E-state index contributed by atoms with van der Waals surface area (Å²) in [4.78, 5) is 13.4. The number of nitrogens with one attached hydrogen (secondary N) is 1. The third-order valence-electron chi connectivity index (χ3n) is 4.17. The lowest BCUT2D eigenvalue weighted by molar-refractivity contribution is 0.0934. The molecule has 1 saturated heterocycles. The van der Waals surface area contributed by atoms with Crippen LogP contribution in [0.15, 0.2) is 29.2 Å². The van der Waals surface area contributed by atoms with Gasteiger partial charge >= 0.3 is 0 Å². The molecule has 1 aromatic rings. The zero-order chi connectivity index (χ0) is 17.7. The summed E-state index contributed by atoms with van der Waals surface area (Å²) in [7, 11) is -2.90. The van der Waals surface area contributed by atoms with Crippen molar-refractivity contribution in [1.29, 1.82) is 0 Å². The first-order valence-electron chi connectivity index (χ1n) is 8.54. The minimum atomic E-state index is -2.90. The quantitative estimate of drug-likeness (QED) is 0.799. The van der Waals surface area contributed by atoms with Crippen LogP contribution >= 0.6 is 11.8 Å². The normalized spacial score (nSPS) is 20.9. The van der Waals surface area contributed by atoms with E-state index < -0.39 is 9.84 Å². The highest BCUT2D eigenvalue weighted by Crippen LogP contribution is 2.33. The molecule has 0 aromatic heterocycles. The molecule has 6 heteroatoms. The number of thioether (sulfide) groups is 1. The minimum absolute atomic E-state index is 0.0438. The Morgan fingerprint density at radius 3 is 2.58 bits per heavy atom. The maximum atomic E-state index is 12.6. The summed E-state index contributed by atoms with van der Waals surface area (Å²) < 4.78 is 23.3. The standard InChI is InChI=1S/C18H27NO3S2/c1-13(2)8-9-14(3)19-18(20)16-6-4-5-7-17(16)23-15-10-11-24(21,22)12-15/h4-7,13-15H,8-12H2,1-3H3,(H,19,20)/t14-,15+/m0/s1. The van der Waals surface area contributed by atoms with E-state index in [1.54, 1.807) is 0 Å². The Balaban J connectivity index is 2.01. The SMILES string of the molecule is CC(C)CC[C@H](C)NC(=O)c1ccccc1S[C@@H]1CCS(=O)(=O)C1. The summed E-state index contributed by atoms with van der Waals surface area (Å²) >= 11 is 1.51. The molecule has 2 atom stereocenters. The summed E-state index contributed by atoms with van der Waals surface area (Å²) in [5.41, 5.74) is 0.642. The fraction of sp³-hybridized carbons (Fsp3) is 0.611. The molecule has 1 aliphatic heterocycles. The van der Waals surface area contributed by atoms with Crippen molar-refractivity contribution in [2.24, 2.45) is 5.92 Å². The molecule has 1 aliphatic rings. The molecule has 0 aliphatic carbocycles. The van der Waals surface area contributed by atoms with Gasteiger partial charge < -0.3 is 5.32 Å². The van der Waals surface area contributed by atoms with Crippen molar-refractivity contribution in [2.45, 2.75) is 56.2 Å². The van der Waals surface area contributed by atoms with E-state index in [0.717, 1.165) is 17.7 Å². The minimum Gasteiger partial charge on any atom is -0.350 e. The summed E-state index contributed by atoms with van der Waals surface area (Å²) in [5.74, 6) is 1.01. The third-order valence-corrected chi connectivity index (χ3v) is 7.50. The third kappa shape index (κ3) is 5.81. The van der Waals surface area contributed by atoms with Crippen LogP contribution < -0.4 is 5.32 Å². The van der Waals surface area contributed by atoms with Crippen molar-refractivity contribution < 1.29 is 13.2 Å². The lowest BCUT2D eigenvalue weighted by Gasteiger charge is -2.17. The number of hydrogen-bond donors (Lipinski definition) is 1. The number of sulfone groups is 1. The van der Waals surface area contributed by atoms with E-state index in [-0.39, 0.29) is 28.7 Å². The van der Waals surface area contributed by atoms with Gasteiger partial charge in [-0.2, -0.15) is 0 Å². The molecular formula is C18H27NO3S2. The lowest BCUT2D eigenvalue weighted by Crippen LogP contribution is -2.33. The fourth-order valence-electron chi connectivity index (χ4n) is 2.75. The number of rotatable bonds is 7. The Bertz CT molecular complexity index is 671. The van der Waals surface area contributed by atoms with E-state index in [1.807, 2.05) is 31.2 Å². The van der Waals surface area contributed by atoms with E-state index in [1.165, 1.54) is 11.8 Å². The van der Waals surface area contributed by atoms with Crippen molar-refractivity contribution in [3.8, 4) is 0 Å². The molecule has 2 rings (SSSR count). The molecule has 1 N–H and O–H groups in total. The first kappa shape index (κ1) is 19.3. The second-order valence-corrected chi connectivity index (χ2v) is 10.6. The molecule has 0 spiro atoms. The van der Waals surface area contributed by atoms with E-state index in [0.29, 0.717) is 17.9 Å². The smallest absolute Gasteiger partial charge is 0.252 e. The molecule has 1 aromatic carbocycles. The van der Waals surface area contributed by atoms with Gasteiger partial charge in [-0.15, -0.1) is 11.8 Å². The van der Waals surface area contributed by atoms with E-state index in [4.69, 9.17) is 0 Å². The first-order chi connectivity index (χ1) is 11.3. The second kappa shape index (κ2) is 8.39. The van der Waals surface area contributed by atoms with Gasteiger partial charge in [0.15, 0.2) is 9.84 Å². The Labute approximate surface area is 149 Å². The summed E-state index contributed by atoms with van der Waals surface area (Å²) in [5, 5.41) is 3.11. The predicted octanol–water partition coefficient (Wildman–Crippen LogP) is 3.52. The Hall–Kier alpha value is -1.01. The van der Waals surface area contributed by atoms with Crippen LogP contribution in [0.5, 0.6) is 0 Å². The lowest BCUT2D eigenvalue weighted by atomic mass is 10.0.